The monoisotopic (exact) mass is 524 g/mol. The van der Waals surface area contributed by atoms with Crippen molar-refractivity contribution < 1.29 is 27.2 Å². The van der Waals surface area contributed by atoms with Gasteiger partial charge in [0.25, 0.3) is 5.91 Å². The zero-order valence-corrected chi connectivity index (χ0v) is 21.0. The zero-order valence-electron chi connectivity index (χ0n) is 20.2. The molecule has 0 bridgehead atoms. The maximum Gasteiger partial charge on any atom is 0.255 e. The minimum Gasteiger partial charge on any atom is -0.322 e. The van der Waals surface area contributed by atoms with Crippen molar-refractivity contribution in [1.82, 2.24) is 14.5 Å². The van der Waals surface area contributed by atoms with Gasteiger partial charge >= 0.3 is 0 Å². The summed E-state index contributed by atoms with van der Waals surface area (Å²) in [4.78, 5) is 38.4. The van der Waals surface area contributed by atoms with Crippen LogP contribution in [0.2, 0.25) is 0 Å². The zero-order chi connectivity index (χ0) is 26.5. The van der Waals surface area contributed by atoms with Gasteiger partial charge in [0.2, 0.25) is 21.8 Å². The van der Waals surface area contributed by atoms with Gasteiger partial charge in [0.15, 0.2) is 0 Å². The molecular formula is C26H25FN4O5S. The fourth-order valence-corrected chi connectivity index (χ4v) is 7.11. The second-order valence-electron chi connectivity index (χ2n) is 9.71. The molecule has 1 atom stereocenters. The molecule has 1 N–H and O–H groups in total. The number of imide groups is 1. The molecule has 192 valence electrons. The Morgan fingerprint density at radius 3 is 2.49 bits per heavy atom. The van der Waals surface area contributed by atoms with Gasteiger partial charge in [0, 0.05) is 31.6 Å². The van der Waals surface area contributed by atoms with Gasteiger partial charge in [-0.2, -0.15) is 9.57 Å². The van der Waals surface area contributed by atoms with Gasteiger partial charge in [-0.1, -0.05) is 6.07 Å². The van der Waals surface area contributed by atoms with Gasteiger partial charge in [-0.3, -0.25) is 19.7 Å². The second kappa shape index (κ2) is 9.36. The SMILES string of the molecule is Cc1ccc(S(=O)(=O)N2CCC(c3cc(F)cc4c3CN(C3CCC(=O)NC3=O)C4=O)CC2)c(C#N)c1. The Balaban J connectivity index is 1.37. The number of amides is 3. The molecule has 2 fully saturated rings. The fourth-order valence-electron chi connectivity index (χ4n) is 5.52. The van der Waals surface area contributed by atoms with E-state index in [1.54, 1.807) is 19.1 Å². The normalized spacial score (nSPS) is 21.1. The van der Waals surface area contributed by atoms with Gasteiger partial charge in [-0.25, -0.2) is 12.8 Å². The number of hydrogen-bond donors (Lipinski definition) is 1. The molecule has 2 aromatic rings. The highest BCUT2D eigenvalue weighted by molar-refractivity contribution is 7.89. The number of nitrogens with zero attached hydrogens (tertiary/aromatic N) is 3. The summed E-state index contributed by atoms with van der Waals surface area (Å²) >= 11 is 0. The summed E-state index contributed by atoms with van der Waals surface area (Å²) in [7, 11) is -3.89. The van der Waals surface area contributed by atoms with Gasteiger partial charge in [0.1, 0.15) is 17.9 Å². The molecule has 5 rings (SSSR count). The van der Waals surface area contributed by atoms with Gasteiger partial charge in [-0.05, 0) is 73.1 Å². The van der Waals surface area contributed by atoms with Gasteiger partial charge in [-0.15, -0.1) is 0 Å². The van der Waals surface area contributed by atoms with Crippen LogP contribution >= 0.6 is 0 Å². The third-order valence-corrected chi connectivity index (χ3v) is 9.38. The standard InChI is InChI=1S/C26H25FN4O5S/c1-15-2-4-23(17(10-15)13-28)37(35,36)30-8-6-16(7-9-30)19-11-18(27)12-20-21(19)14-31(26(20)34)22-3-5-24(32)29-25(22)33/h2,4,10-12,16,22H,3,5-9,14H2,1H3,(H,29,32,33). The van der Waals surface area contributed by atoms with E-state index in [-0.39, 0.29) is 60.3 Å². The van der Waals surface area contributed by atoms with E-state index < -0.39 is 33.7 Å². The Morgan fingerprint density at radius 1 is 1.08 bits per heavy atom. The van der Waals surface area contributed by atoms with Crippen molar-refractivity contribution >= 4 is 27.7 Å². The topological polar surface area (TPSA) is 128 Å². The van der Waals surface area contributed by atoms with Crippen LogP contribution in [0.4, 0.5) is 4.39 Å². The maximum atomic E-state index is 14.6. The highest BCUT2D eigenvalue weighted by Gasteiger charge is 2.41. The number of carbonyl (C=O) groups excluding carboxylic acids is 3. The second-order valence-corrected chi connectivity index (χ2v) is 11.6. The number of benzene rings is 2. The Bertz CT molecular complexity index is 1470. The third-order valence-electron chi connectivity index (χ3n) is 7.42. The van der Waals surface area contributed by atoms with Crippen LogP contribution in [0.5, 0.6) is 0 Å². The number of nitriles is 1. The lowest BCUT2D eigenvalue weighted by atomic mass is 9.86. The van der Waals surface area contributed by atoms with E-state index >= 15 is 0 Å². The van der Waals surface area contributed by atoms with E-state index in [1.165, 1.54) is 27.4 Å². The first-order valence-corrected chi connectivity index (χ1v) is 13.5. The number of piperidine rings is 2. The van der Waals surface area contributed by atoms with Crippen molar-refractivity contribution in [2.24, 2.45) is 0 Å². The molecule has 3 aliphatic heterocycles. The summed E-state index contributed by atoms with van der Waals surface area (Å²) in [5.41, 5.74) is 2.37. The van der Waals surface area contributed by atoms with E-state index in [4.69, 9.17) is 0 Å². The lowest BCUT2D eigenvalue weighted by Crippen LogP contribution is -2.52. The molecule has 0 radical (unpaired) electrons. The Kier molecular flexibility index (Phi) is 6.33. The summed E-state index contributed by atoms with van der Waals surface area (Å²) in [6, 6.07) is 8.37. The first-order valence-electron chi connectivity index (χ1n) is 12.1. The number of fused-ring (bicyclic) bond motifs is 1. The highest BCUT2D eigenvalue weighted by atomic mass is 32.2. The third kappa shape index (κ3) is 4.40. The predicted molar refractivity (Wildman–Crippen MR) is 129 cm³/mol. The Hall–Kier alpha value is -3.62. The van der Waals surface area contributed by atoms with Gasteiger partial charge in [0.05, 0.1) is 10.5 Å². The number of halogens is 1. The van der Waals surface area contributed by atoms with Gasteiger partial charge < -0.3 is 4.90 Å². The number of aryl methyl sites for hydroxylation is 1. The number of carbonyl (C=O) groups is 3. The van der Waals surface area contributed by atoms with E-state index in [0.717, 1.165) is 5.56 Å². The van der Waals surface area contributed by atoms with Crippen molar-refractivity contribution in [3.05, 3.63) is 64.0 Å². The van der Waals surface area contributed by atoms with Crippen molar-refractivity contribution in [2.45, 2.75) is 56.0 Å². The molecule has 0 aliphatic carbocycles. The van der Waals surface area contributed by atoms with E-state index in [2.05, 4.69) is 5.32 Å². The molecule has 11 heteroatoms. The first-order chi connectivity index (χ1) is 17.6. The van der Waals surface area contributed by atoms with Crippen LogP contribution in [0.1, 0.15) is 64.2 Å². The van der Waals surface area contributed by atoms with Crippen LogP contribution in [0, 0.1) is 24.1 Å². The summed E-state index contributed by atoms with van der Waals surface area (Å²) in [6.07, 6.45) is 1.16. The fraction of sp³-hybridized carbons (Fsp3) is 0.385. The van der Waals surface area contributed by atoms with Crippen molar-refractivity contribution in [2.75, 3.05) is 13.1 Å². The number of nitrogens with one attached hydrogen (secondary N) is 1. The van der Waals surface area contributed by atoms with Crippen LogP contribution in [0.25, 0.3) is 0 Å². The molecule has 2 saturated heterocycles. The minimum absolute atomic E-state index is 0.0313. The number of rotatable bonds is 4. The van der Waals surface area contributed by atoms with E-state index in [0.29, 0.717) is 24.0 Å². The highest BCUT2D eigenvalue weighted by Crippen LogP contribution is 2.38. The molecule has 1 unspecified atom stereocenters. The van der Waals surface area contributed by atoms with Crippen LogP contribution in [-0.2, 0) is 26.2 Å². The van der Waals surface area contributed by atoms with Crippen molar-refractivity contribution in [3.8, 4) is 6.07 Å². The molecule has 9 nitrogen and oxygen atoms in total. The maximum absolute atomic E-state index is 14.6. The lowest BCUT2D eigenvalue weighted by Gasteiger charge is -2.32. The summed E-state index contributed by atoms with van der Waals surface area (Å²) in [5.74, 6) is -2.12. The largest absolute Gasteiger partial charge is 0.322 e. The average Bonchev–Trinajstić information content (AvgIpc) is 3.19. The average molecular weight is 525 g/mol. The van der Waals surface area contributed by atoms with Crippen LogP contribution < -0.4 is 5.32 Å². The summed E-state index contributed by atoms with van der Waals surface area (Å²) in [5, 5.41) is 11.7. The van der Waals surface area contributed by atoms with Crippen LogP contribution in [0.3, 0.4) is 0 Å². The van der Waals surface area contributed by atoms with E-state index in [9.17, 15) is 32.5 Å². The predicted octanol–water partition coefficient (Wildman–Crippen LogP) is 2.34. The molecule has 0 aromatic heterocycles. The molecule has 2 aromatic carbocycles. The lowest BCUT2D eigenvalue weighted by molar-refractivity contribution is -0.136. The van der Waals surface area contributed by atoms with E-state index in [1.807, 2.05) is 6.07 Å². The molecule has 3 amide bonds. The van der Waals surface area contributed by atoms with Crippen molar-refractivity contribution in [3.63, 3.8) is 0 Å². The number of sulfonamides is 1. The molecular weight excluding hydrogens is 499 g/mol. The number of hydrogen-bond acceptors (Lipinski definition) is 6. The molecule has 0 saturated carbocycles. The molecule has 3 heterocycles. The summed E-state index contributed by atoms with van der Waals surface area (Å²) in [6.45, 7) is 2.28. The smallest absolute Gasteiger partial charge is 0.255 e. The summed E-state index contributed by atoms with van der Waals surface area (Å²) < 4.78 is 42.5. The Morgan fingerprint density at radius 2 is 1.81 bits per heavy atom. The first kappa shape index (κ1) is 25.0. The quantitative estimate of drug-likeness (QED) is 0.612. The van der Waals surface area contributed by atoms with Crippen LogP contribution in [-0.4, -0.2) is 54.5 Å². The molecule has 3 aliphatic rings. The van der Waals surface area contributed by atoms with Crippen molar-refractivity contribution in [1.29, 1.82) is 5.26 Å². The molecule has 37 heavy (non-hydrogen) atoms. The molecule has 0 spiro atoms. The van der Waals surface area contributed by atoms with Crippen LogP contribution in [0.15, 0.2) is 35.2 Å². The minimum atomic E-state index is -3.89. The Labute approximate surface area is 213 Å².